The maximum atomic E-state index is 11.2. The van der Waals surface area contributed by atoms with Gasteiger partial charge in [-0.3, -0.25) is 4.79 Å². The van der Waals surface area contributed by atoms with Crippen molar-refractivity contribution in [2.24, 2.45) is 0 Å². The lowest BCUT2D eigenvalue weighted by Gasteiger charge is -2.01. The molecule has 0 fully saturated rings. The van der Waals surface area contributed by atoms with Gasteiger partial charge in [0.15, 0.2) is 22.9 Å². The summed E-state index contributed by atoms with van der Waals surface area (Å²) in [5.74, 6) is 0.737. The van der Waals surface area contributed by atoms with Crippen LogP contribution in [0.5, 0.6) is 5.75 Å². The van der Waals surface area contributed by atoms with Crippen molar-refractivity contribution in [2.75, 3.05) is 12.8 Å². The highest BCUT2D eigenvalue weighted by atomic mass is 16.5. The lowest BCUT2D eigenvalue weighted by molar-refractivity contribution is 0.0989. The smallest absolute Gasteiger partial charge is 0.194 e. The standard InChI is InChI=1S/C11H11NO3/c1-6(13)10-5-7-8(12)3-4-9(14-2)11(7)15-10/h3-5H,12H2,1-2H3. The molecule has 4 nitrogen and oxygen atoms in total. The Kier molecular flexibility index (Phi) is 2.11. The van der Waals surface area contributed by atoms with Gasteiger partial charge in [0, 0.05) is 18.0 Å². The molecule has 15 heavy (non-hydrogen) atoms. The molecule has 1 aromatic carbocycles. The van der Waals surface area contributed by atoms with Gasteiger partial charge >= 0.3 is 0 Å². The average Bonchev–Trinajstić information content (AvgIpc) is 2.64. The van der Waals surface area contributed by atoms with Gasteiger partial charge in [0.1, 0.15) is 0 Å². The predicted octanol–water partition coefficient (Wildman–Crippen LogP) is 2.23. The van der Waals surface area contributed by atoms with Crippen LogP contribution in [0, 0.1) is 0 Å². The van der Waals surface area contributed by atoms with Crippen molar-refractivity contribution in [2.45, 2.75) is 6.92 Å². The number of carbonyl (C=O) groups excluding carboxylic acids is 1. The number of Topliss-reactive ketones (excluding diaryl/α,β-unsaturated/α-hetero) is 1. The molecule has 0 unspecified atom stereocenters. The van der Waals surface area contributed by atoms with Crippen LogP contribution >= 0.6 is 0 Å². The Labute approximate surface area is 86.6 Å². The van der Waals surface area contributed by atoms with E-state index in [0.29, 0.717) is 28.2 Å². The Morgan fingerprint density at radius 1 is 1.47 bits per heavy atom. The van der Waals surface area contributed by atoms with E-state index in [-0.39, 0.29) is 5.78 Å². The van der Waals surface area contributed by atoms with Crippen LogP contribution in [-0.2, 0) is 0 Å². The van der Waals surface area contributed by atoms with Crippen molar-refractivity contribution in [3.63, 3.8) is 0 Å². The van der Waals surface area contributed by atoms with Gasteiger partial charge < -0.3 is 14.9 Å². The molecule has 4 heteroatoms. The quantitative estimate of drug-likeness (QED) is 0.603. The van der Waals surface area contributed by atoms with Crippen LogP contribution in [0.4, 0.5) is 5.69 Å². The van der Waals surface area contributed by atoms with Gasteiger partial charge in [-0.1, -0.05) is 0 Å². The van der Waals surface area contributed by atoms with E-state index in [2.05, 4.69) is 0 Å². The topological polar surface area (TPSA) is 65.5 Å². The molecular formula is C11H11NO3. The zero-order valence-electron chi connectivity index (χ0n) is 8.53. The molecule has 0 saturated carbocycles. The summed E-state index contributed by atoms with van der Waals surface area (Å²) < 4.78 is 10.5. The first-order valence-electron chi connectivity index (χ1n) is 4.50. The molecule has 78 valence electrons. The second kappa shape index (κ2) is 3.31. The molecule has 0 aliphatic carbocycles. The summed E-state index contributed by atoms with van der Waals surface area (Å²) in [6.45, 7) is 1.44. The fourth-order valence-corrected chi connectivity index (χ4v) is 1.45. The number of hydrogen-bond acceptors (Lipinski definition) is 4. The number of benzene rings is 1. The normalized spacial score (nSPS) is 10.5. The van der Waals surface area contributed by atoms with E-state index >= 15 is 0 Å². The monoisotopic (exact) mass is 205 g/mol. The van der Waals surface area contributed by atoms with Gasteiger partial charge in [-0.2, -0.15) is 0 Å². The Balaban J connectivity index is 2.77. The first-order chi connectivity index (χ1) is 7.13. The number of ether oxygens (including phenoxy) is 1. The lowest BCUT2D eigenvalue weighted by Crippen LogP contribution is -1.87. The molecule has 1 aromatic heterocycles. The SMILES string of the molecule is COc1ccc(N)c2cc(C(C)=O)oc12. The molecule has 0 atom stereocenters. The summed E-state index contributed by atoms with van der Waals surface area (Å²) in [6, 6.07) is 5.07. The van der Waals surface area contributed by atoms with Crippen molar-refractivity contribution in [1.82, 2.24) is 0 Å². The van der Waals surface area contributed by atoms with Crippen molar-refractivity contribution in [3.05, 3.63) is 24.0 Å². The largest absolute Gasteiger partial charge is 0.493 e. The zero-order chi connectivity index (χ0) is 11.0. The minimum atomic E-state index is -0.132. The molecule has 2 N–H and O–H groups in total. The van der Waals surface area contributed by atoms with Crippen LogP contribution in [0.3, 0.4) is 0 Å². The van der Waals surface area contributed by atoms with E-state index in [0.717, 1.165) is 0 Å². The van der Waals surface area contributed by atoms with Gasteiger partial charge in [0.25, 0.3) is 0 Å². The number of furan rings is 1. The zero-order valence-corrected chi connectivity index (χ0v) is 8.53. The maximum absolute atomic E-state index is 11.2. The first kappa shape index (κ1) is 9.58. The summed E-state index contributed by atoms with van der Waals surface area (Å²) in [6.07, 6.45) is 0. The van der Waals surface area contributed by atoms with E-state index in [4.69, 9.17) is 14.9 Å². The molecule has 0 radical (unpaired) electrons. The maximum Gasteiger partial charge on any atom is 0.194 e. The second-order valence-corrected chi connectivity index (χ2v) is 3.27. The van der Waals surface area contributed by atoms with Crippen LogP contribution in [0.1, 0.15) is 17.5 Å². The Hall–Kier alpha value is -1.97. The van der Waals surface area contributed by atoms with Gasteiger partial charge in [0.05, 0.1) is 7.11 Å². The lowest BCUT2D eigenvalue weighted by atomic mass is 10.2. The summed E-state index contributed by atoms with van der Waals surface area (Å²) >= 11 is 0. The van der Waals surface area contributed by atoms with E-state index in [1.54, 1.807) is 25.3 Å². The van der Waals surface area contributed by atoms with Gasteiger partial charge in [-0.15, -0.1) is 0 Å². The molecule has 0 amide bonds. The minimum Gasteiger partial charge on any atom is -0.493 e. The van der Waals surface area contributed by atoms with Crippen LogP contribution in [-0.4, -0.2) is 12.9 Å². The molecular weight excluding hydrogens is 194 g/mol. The number of nitrogen functional groups attached to an aromatic ring is 1. The average molecular weight is 205 g/mol. The summed E-state index contributed by atoms with van der Waals surface area (Å²) in [5, 5.41) is 0.708. The number of hydrogen-bond donors (Lipinski definition) is 1. The molecule has 0 saturated heterocycles. The van der Waals surface area contributed by atoms with Gasteiger partial charge in [0.2, 0.25) is 0 Å². The highest BCUT2D eigenvalue weighted by Crippen LogP contribution is 2.32. The van der Waals surface area contributed by atoms with E-state index < -0.39 is 0 Å². The number of anilines is 1. The van der Waals surface area contributed by atoms with Crippen LogP contribution in [0.15, 0.2) is 22.6 Å². The number of nitrogens with two attached hydrogens (primary N) is 1. The fraction of sp³-hybridized carbons (Fsp3) is 0.182. The van der Waals surface area contributed by atoms with Gasteiger partial charge in [-0.25, -0.2) is 0 Å². The fourth-order valence-electron chi connectivity index (χ4n) is 1.45. The van der Waals surface area contributed by atoms with Crippen LogP contribution in [0.25, 0.3) is 11.0 Å². The van der Waals surface area contributed by atoms with Gasteiger partial charge in [-0.05, 0) is 18.2 Å². The predicted molar refractivity (Wildman–Crippen MR) is 57.2 cm³/mol. The summed E-state index contributed by atoms with van der Waals surface area (Å²) in [7, 11) is 1.54. The third-order valence-electron chi connectivity index (χ3n) is 2.25. The molecule has 1 heterocycles. The number of methoxy groups -OCH3 is 1. The number of ketones is 1. The molecule has 2 rings (SSSR count). The van der Waals surface area contributed by atoms with E-state index in [1.165, 1.54) is 6.92 Å². The third kappa shape index (κ3) is 1.44. The third-order valence-corrected chi connectivity index (χ3v) is 2.25. The Bertz CT molecular complexity index is 528. The molecule has 0 aliphatic rings. The van der Waals surface area contributed by atoms with E-state index in [9.17, 15) is 4.79 Å². The Morgan fingerprint density at radius 2 is 2.20 bits per heavy atom. The van der Waals surface area contributed by atoms with Crippen LogP contribution in [0.2, 0.25) is 0 Å². The highest BCUT2D eigenvalue weighted by molar-refractivity contribution is 6.01. The summed E-state index contributed by atoms with van der Waals surface area (Å²) in [4.78, 5) is 11.2. The number of carbonyl (C=O) groups is 1. The second-order valence-electron chi connectivity index (χ2n) is 3.27. The van der Waals surface area contributed by atoms with Crippen LogP contribution < -0.4 is 10.5 Å². The van der Waals surface area contributed by atoms with Crippen molar-refractivity contribution >= 4 is 22.4 Å². The van der Waals surface area contributed by atoms with Crippen molar-refractivity contribution in [1.29, 1.82) is 0 Å². The number of fused-ring (bicyclic) bond motifs is 1. The van der Waals surface area contributed by atoms with E-state index in [1.807, 2.05) is 0 Å². The minimum absolute atomic E-state index is 0.132. The molecule has 2 aromatic rings. The Morgan fingerprint density at radius 3 is 2.80 bits per heavy atom. The molecule has 0 spiro atoms. The molecule has 0 bridgehead atoms. The highest BCUT2D eigenvalue weighted by Gasteiger charge is 2.13. The first-order valence-corrected chi connectivity index (χ1v) is 4.50. The number of rotatable bonds is 2. The summed E-state index contributed by atoms with van der Waals surface area (Å²) in [5.41, 5.74) is 6.85. The van der Waals surface area contributed by atoms with Crippen molar-refractivity contribution < 1.29 is 13.9 Å². The van der Waals surface area contributed by atoms with Crippen molar-refractivity contribution in [3.8, 4) is 5.75 Å². The molecule has 0 aliphatic heterocycles.